The van der Waals surface area contributed by atoms with Crippen LogP contribution in [0.25, 0.3) is 0 Å². The molecule has 0 unspecified atom stereocenters. The third kappa shape index (κ3) is 3.98. The highest BCUT2D eigenvalue weighted by atomic mass is 127. The van der Waals surface area contributed by atoms with Crippen LogP contribution in [0.15, 0.2) is 78.9 Å². The van der Waals surface area contributed by atoms with Crippen LogP contribution in [-0.4, -0.2) is 5.11 Å². The van der Waals surface area contributed by atoms with Gasteiger partial charge in [-0.05, 0) is 60.7 Å². The smallest absolute Gasteiger partial charge is 0.357 e. The number of aromatic hydroxyl groups is 1. The molecule has 3 heteroatoms. The zero-order chi connectivity index (χ0) is 14.5. The van der Waals surface area contributed by atoms with Crippen LogP contribution in [0.3, 0.4) is 0 Å². The molecule has 0 atom stereocenters. The van der Waals surface area contributed by atoms with Crippen molar-refractivity contribution in [3.8, 4) is 17.2 Å². The van der Waals surface area contributed by atoms with Gasteiger partial charge in [0.25, 0.3) is 0 Å². The summed E-state index contributed by atoms with van der Waals surface area (Å²) >= 11 is -0.138. The van der Waals surface area contributed by atoms with Gasteiger partial charge in [0.2, 0.25) is 0 Å². The molecule has 0 fully saturated rings. The predicted octanol–water partition coefficient (Wildman–Crippen LogP) is 1.31. The molecule has 1 N–H and O–H groups in total. The first-order chi connectivity index (χ1) is 10.3. The van der Waals surface area contributed by atoms with Gasteiger partial charge in [-0.25, -0.2) is 0 Å². The van der Waals surface area contributed by atoms with E-state index in [4.69, 9.17) is 4.74 Å². The van der Waals surface area contributed by atoms with Crippen LogP contribution in [0.5, 0.6) is 17.2 Å². The third-order valence-electron chi connectivity index (χ3n) is 2.84. The van der Waals surface area contributed by atoms with Gasteiger partial charge in [0, 0.05) is 0 Å². The van der Waals surface area contributed by atoms with Crippen molar-refractivity contribution in [1.29, 1.82) is 0 Å². The number of phenolic OH excluding ortho intramolecular Hbond substituents is 1. The van der Waals surface area contributed by atoms with Crippen LogP contribution in [-0.2, 0) is 0 Å². The second kappa shape index (κ2) is 6.63. The van der Waals surface area contributed by atoms with Gasteiger partial charge in [0.15, 0.2) is 7.14 Å². The maximum absolute atomic E-state index is 9.25. The molecule has 3 rings (SSSR count). The summed E-state index contributed by atoms with van der Waals surface area (Å²) in [6.45, 7) is 0. The van der Waals surface area contributed by atoms with Crippen molar-refractivity contribution in [2.45, 2.75) is 0 Å². The first-order valence-corrected chi connectivity index (χ1v) is 8.72. The van der Waals surface area contributed by atoms with E-state index in [0.29, 0.717) is 0 Å². The van der Waals surface area contributed by atoms with Crippen molar-refractivity contribution in [3.63, 3.8) is 0 Å². The lowest BCUT2D eigenvalue weighted by Crippen LogP contribution is -3.61. The topological polar surface area (TPSA) is 29.5 Å². The summed E-state index contributed by atoms with van der Waals surface area (Å²) in [6, 6.07) is 25.5. The van der Waals surface area contributed by atoms with E-state index in [-0.39, 0.29) is 27.0 Å². The molecule has 0 aliphatic carbocycles. The van der Waals surface area contributed by atoms with Crippen LogP contribution < -0.4 is 25.9 Å². The zero-order valence-electron chi connectivity index (χ0n) is 11.2. The zero-order valence-corrected chi connectivity index (χ0v) is 13.4. The Kier molecular flexibility index (Phi) is 4.40. The lowest BCUT2D eigenvalue weighted by Gasteiger charge is -2.04. The average molecular weight is 389 g/mol. The highest BCUT2D eigenvalue weighted by Crippen LogP contribution is 2.22. The summed E-state index contributed by atoms with van der Waals surface area (Å²) in [5.74, 6) is 1.77. The first-order valence-electron chi connectivity index (χ1n) is 6.56. The number of phenols is 1. The molecule has 0 saturated carbocycles. The van der Waals surface area contributed by atoms with Crippen molar-refractivity contribution in [3.05, 3.63) is 86.0 Å². The van der Waals surface area contributed by atoms with Crippen LogP contribution in [0.1, 0.15) is 0 Å². The first kappa shape index (κ1) is 13.9. The Bertz CT molecular complexity index is 692. The normalized spacial score (nSPS) is 10.3. The highest BCUT2D eigenvalue weighted by molar-refractivity contribution is 5.34. The van der Waals surface area contributed by atoms with Crippen molar-refractivity contribution in [2.75, 3.05) is 0 Å². The number of halogens is 1. The Morgan fingerprint density at radius 2 is 1.14 bits per heavy atom. The number of ether oxygens (including phenoxy) is 1. The van der Waals surface area contributed by atoms with Gasteiger partial charge in [-0.1, -0.05) is 18.2 Å². The summed E-state index contributed by atoms with van der Waals surface area (Å²) < 4.78 is 8.50. The van der Waals surface area contributed by atoms with Gasteiger partial charge in [-0.2, -0.15) is 0 Å². The Balaban J connectivity index is 1.68. The molecule has 0 saturated heterocycles. The molecule has 3 aromatic rings. The van der Waals surface area contributed by atoms with E-state index in [0.717, 1.165) is 11.5 Å². The minimum Gasteiger partial charge on any atom is -0.508 e. The Labute approximate surface area is 134 Å². The number of benzene rings is 3. The quantitative estimate of drug-likeness (QED) is 0.683. The lowest BCUT2D eigenvalue weighted by atomic mass is 10.3. The SMILES string of the molecule is Oc1ccc(Oc2ccc([I+]c3ccccc3)cc2)cc1. The molecule has 0 aromatic heterocycles. The molecular weight excluding hydrogens is 375 g/mol. The fraction of sp³-hybridized carbons (Fsp3) is 0. The summed E-state index contributed by atoms with van der Waals surface area (Å²) in [5.41, 5.74) is 0. The minimum atomic E-state index is -0.138. The molecule has 0 spiro atoms. The second-order valence-corrected chi connectivity index (χ2v) is 7.47. The van der Waals surface area contributed by atoms with E-state index >= 15 is 0 Å². The number of hydrogen-bond acceptors (Lipinski definition) is 2. The Morgan fingerprint density at radius 1 is 0.619 bits per heavy atom. The summed E-state index contributed by atoms with van der Waals surface area (Å²) in [4.78, 5) is 0. The van der Waals surface area contributed by atoms with E-state index in [1.165, 1.54) is 7.14 Å². The number of hydrogen-bond donors (Lipinski definition) is 1. The molecule has 0 bridgehead atoms. The van der Waals surface area contributed by atoms with Crippen LogP contribution >= 0.6 is 0 Å². The minimum absolute atomic E-state index is 0.138. The molecule has 3 aromatic carbocycles. The maximum Gasteiger partial charge on any atom is 0.357 e. The molecule has 0 aliphatic rings. The fourth-order valence-corrected chi connectivity index (χ4v) is 4.03. The van der Waals surface area contributed by atoms with Gasteiger partial charge in [0.1, 0.15) is 17.2 Å². The molecular formula is C18H14IO2+. The Hall–Kier alpha value is -2.01. The van der Waals surface area contributed by atoms with Gasteiger partial charge < -0.3 is 9.84 Å². The van der Waals surface area contributed by atoms with Crippen molar-refractivity contribution in [1.82, 2.24) is 0 Å². The van der Waals surface area contributed by atoms with Crippen molar-refractivity contribution < 1.29 is 31.0 Å². The van der Waals surface area contributed by atoms with Gasteiger partial charge in [-0.3, -0.25) is 0 Å². The van der Waals surface area contributed by atoms with E-state index in [9.17, 15) is 5.11 Å². The average Bonchev–Trinajstić information content (AvgIpc) is 2.53. The van der Waals surface area contributed by atoms with Crippen LogP contribution in [0, 0.1) is 7.14 Å². The van der Waals surface area contributed by atoms with E-state index in [2.05, 4.69) is 36.4 Å². The van der Waals surface area contributed by atoms with E-state index in [1.807, 2.05) is 18.2 Å². The van der Waals surface area contributed by atoms with Crippen molar-refractivity contribution in [2.24, 2.45) is 0 Å². The summed E-state index contributed by atoms with van der Waals surface area (Å²) in [6.07, 6.45) is 0. The summed E-state index contributed by atoms with van der Waals surface area (Å²) in [5, 5.41) is 9.25. The van der Waals surface area contributed by atoms with Gasteiger partial charge in [-0.15, -0.1) is 0 Å². The largest absolute Gasteiger partial charge is 0.508 e. The molecule has 0 heterocycles. The van der Waals surface area contributed by atoms with Crippen LogP contribution in [0.4, 0.5) is 0 Å². The van der Waals surface area contributed by atoms with Crippen molar-refractivity contribution >= 4 is 0 Å². The van der Waals surface area contributed by atoms with Gasteiger partial charge in [0.05, 0.1) is 0 Å². The molecule has 104 valence electrons. The monoisotopic (exact) mass is 389 g/mol. The molecule has 2 nitrogen and oxygen atoms in total. The lowest BCUT2D eigenvalue weighted by molar-refractivity contribution is -0.597. The molecule has 0 radical (unpaired) electrons. The molecule has 0 amide bonds. The third-order valence-corrected chi connectivity index (χ3v) is 5.52. The number of rotatable bonds is 4. The fourth-order valence-electron chi connectivity index (χ4n) is 1.82. The van der Waals surface area contributed by atoms with E-state index < -0.39 is 0 Å². The predicted molar refractivity (Wildman–Crippen MR) is 78.5 cm³/mol. The van der Waals surface area contributed by atoms with E-state index in [1.54, 1.807) is 24.3 Å². The van der Waals surface area contributed by atoms with Crippen LogP contribution in [0.2, 0.25) is 0 Å². The molecule has 21 heavy (non-hydrogen) atoms. The van der Waals surface area contributed by atoms with Gasteiger partial charge >= 0.3 is 21.2 Å². The molecule has 0 aliphatic heterocycles. The second-order valence-electron chi connectivity index (χ2n) is 4.44. The standard InChI is InChI=1S/C18H13IO2/c20-16-8-12-18(13-9-16)21-17-10-6-15(7-11-17)19-14-4-2-1-3-5-14/h1-13H/p+1. The Morgan fingerprint density at radius 3 is 1.76 bits per heavy atom. The maximum atomic E-state index is 9.25. The highest BCUT2D eigenvalue weighted by Gasteiger charge is 2.14. The summed E-state index contributed by atoms with van der Waals surface area (Å²) in [7, 11) is 0.